The SMILES string of the molecule is Clc1cc2c(c(C(Cl)Cc3ccc(Br)cc3)c1)OCC2. The summed E-state index contributed by atoms with van der Waals surface area (Å²) in [4.78, 5) is 0. The maximum absolute atomic E-state index is 6.59. The number of hydrogen-bond donors (Lipinski definition) is 0. The third kappa shape index (κ3) is 2.98. The predicted molar refractivity (Wildman–Crippen MR) is 87.1 cm³/mol. The Labute approximate surface area is 137 Å². The highest BCUT2D eigenvalue weighted by Gasteiger charge is 2.22. The minimum Gasteiger partial charge on any atom is -0.493 e. The Morgan fingerprint density at radius 2 is 1.95 bits per heavy atom. The molecule has 0 amide bonds. The Hall–Kier alpha value is -0.700. The number of ether oxygens (including phenoxy) is 1. The summed E-state index contributed by atoms with van der Waals surface area (Å²) in [5.74, 6) is 0.923. The summed E-state index contributed by atoms with van der Waals surface area (Å²) in [5.41, 5.74) is 3.35. The molecular formula is C16H13BrCl2O. The summed E-state index contributed by atoms with van der Waals surface area (Å²) in [7, 11) is 0. The van der Waals surface area contributed by atoms with Crippen LogP contribution in [0.2, 0.25) is 5.02 Å². The van der Waals surface area contributed by atoms with E-state index in [1.165, 1.54) is 5.56 Å². The summed E-state index contributed by atoms with van der Waals surface area (Å²) in [6.45, 7) is 0.713. The fourth-order valence-corrected chi connectivity index (χ4v) is 3.32. The van der Waals surface area contributed by atoms with Crippen LogP contribution >= 0.6 is 39.1 Å². The first-order valence-corrected chi connectivity index (χ1v) is 8.08. The second-order valence-electron chi connectivity index (χ2n) is 4.88. The van der Waals surface area contributed by atoms with Gasteiger partial charge in [-0.25, -0.2) is 0 Å². The second-order valence-corrected chi connectivity index (χ2v) is 6.76. The van der Waals surface area contributed by atoms with Gasteiger partial charge in [0.1, 0.15) is 5.75 Å². The molecule has 0 saturated carbocycles. The van der Waals surface area contributed by atoms with E-state index in [4.69, 9.17) is 27.9 Å². The Morgan fingerprint density at radius 1 is 1.20 bits per heavy atom. The van der Waals surface area contributed by atoms with Crippen LogP contribution in [-0.2, 0) is 12.8 Å². The van der Waals surface area contributed by atoms with Crippen LogP contribution in [0.15, 0.2) is 40.9 Å². The molecular weight excluding hydrogens is 359 g/mol. The molecule has 0 N–H and O–H groups in total. The molecule has 20 heavy (non-hydrogen) atoms. The Bertz CT molecular complexity index is 625. The van der Waals surface area contributed by atoms with E-state index >= 15 is 0 Å². The standard InChI is InChI=1S/C16H13BrCl2O/c17-12-3-1-10(2-4-12)7-15(19)14-9-13(18)8-11-5-6-20-16(11)14/h1-4,8-9,15H,5-7H2. The summed E-state index contributed by atoms with van der Waals surface area (Å²) in [5, 5.41) is 0.590. The Balaban J connectivity index is 1.87. The Kier molecular flexibility index (Phi) is 4.25. The van der Waals surface area contributed by atoms with Crippen LogP contribution in [0.5, 0.6) is 5.75 Å². The van der Waals surface area contributed by atoms with Gasteiger partial charge in [0.15, 0.2) is 0 Å². The maximum atomic E-state index is 6.59. The molecule has 1 heterocycles. The zero-order chi connectivity index (χ0) is 14.1. The van der Waals surface area contributed by atoms with Gasteiger partial charge in [0.2, 0.25) is 0 Å². The van der Waals surface area contributed by atoms with Crippen molar-refractivity contribution in [3.05, 3.63) is 62.6 Å². The van der Waals surface area contributed by atoms with Crippen molar-refractivity contribution >= 4 is 39.1 Å². The summed E-state index contributed by atoms with van der Waals surface area (Å²) in [6, 6.07) is 12.1. The zero-order valence-electron chi connectivity index (χ0n) is 10.7. The molecule has 0 bridgehead atoms. The lowest BCUT2D eigenvalue weighted by atomic mass is 10.0. The van der Waals surface area contributed by atoms with Crippen LogP contribution < -0.4 is 4.74 Å². The normalized spacial score (nSPS) is 14.8. The van der Waals surface area contributed by atoms with Crippen molar-refractivity contribution in [1.82, 2.24) is 0 Å². The number of alkyl halides is 1. The van der Waals surface area contributed by atoms with E-state index in [2.05, 4.69) is 28.1 Å². The highest BCUT2D eigenvalue weighted by molar-refractivity contribution is 9.10. The molecule has 104 valence electrons. The molecule has 1 aliphatic rings. The van der Waals surface area contributed by atoms with Crippen LogP contribution in [0.1, 0.15) is 22.1 Å². The van der Waals surface area contributed by atoms with E-state index in [9.17, 15) is 0 Å². The lowest BCUT2D eigenvalue weighted by Gasteiger charge is -2.14. The van der Waals surface area contributed by atoms with Gasteiger partial charge in [-0.1, -0.05) is 39.7 Å². The summed E-state index contributed by atoms with van der Waals surface area (Å²) < 4.78 is 6.78. The smallest absolute Gasteiger partial charge is 0.127 e. The summed E-state index contributed by atoms with van der Waals surface area (Å²) >= 11 is 16.2. The van der Waals surface area contributed by atoms with Crippen LogP contribution in [0.3, 0.4) is 0 Å². The number of rotatable bonds is 3. The van der Waals surface area contributed by atoms with Crippen molar-refractivity contribution in [2.75, 3.05) is 6.61 Å². The number of benzene rings is 2. The molecule has 4 heteroatoms. The zero-order valence-corrected chi connectivity index (χ0v) is 13.8. The molecule has 1 nitrogen and oxygen atoms in total. The molecule has 0 aromatic heterocycles. The van der Waals surface area contributed by atoms with E-state index in [0.29, 0.717) is 6.61 Å². The van der Waals surface area contributed by atoms with E-state index in [-0.39, 0.29) is 5.38 Å². The quantitative estimate of drug-likeness (QED) is 0.641. The molecule has 0 spiro atoms. The van der Waals surface area contributed by atoms with E-state index in [0.717, 1.165) is 39.2 Å². The van der Waals surface area contributed by atoms with Gasteiger partial charge in [-0.3, -0.25) is 0 Å². The first-order valence-electron chi connectivity index (χ1n) is 6.47. The lowest BCUT2D eigenvalue weighted by Crippen LogP contribution is -1.99. The van der Waals surface area contributed by atoms with Gasteiger partial charge in [-0.15, -0.1) is 11.6 Å². The Morgan fingerprint density at radius 3 is 2.70 bits per heavy atom. The highest BCUT2D eigenvalue weighted by Crippen LogP contribution is 2.40. The van der Waals surface area contributed by atoms with Crippen LogP contribution in [-0.4, -0.2) is 6.61 Å². The molecule has 0 aliphatic carbocycles. The third-order valence-electron chi connectivity index (χ3n) is 3.44. The maximum Gasteiger partial charge on any atom is 0.127 e. The second kappa shape index (κ2) is 5.97. The largest absolute Gasteiger partial charge is 0.493 e. The van der Waals surface area contributed by atoms with Crippen LogP contribution in [0.4, 0.5) is 0 Å². The molecule has 0 fully saturated rings. The molecule has 1 atom stereocenters. The van der Waals surface area contributed by atoms with Crippen molar-refractivity contribution in [2.45, 2.75) is 18.2 Å². The topological polar surface area (TPSA) is 9.23 Å². The molecule has 0 saturated heterocycles. The van der Waals surface area contributed by atoms with Gasteiger partial charge >= 0.3 is 0 Å². The average Bonchev–Trinajstić information content (AvgIpc) is 2.88. The van der Waals surface area contributed by atoms with Gasteiger partial charge in [-0.05, 0) is 41.8 Å². The predicted octanol–water partition coefficient (Wildman–Crippen LogP) is 5.56. The number of halogens is 3. The van der Waals surface area contributed by atoms with Crippen LogP contribution in [0, 0.1) is 0 Å². The van der Waals surface area contributed by atoms with E-state index in [1.54, 1.807) is 0 Å². The molecule has 3 rings (SSSR count). The molecule has 2 aromatic rings. The van der Waals surface area contributed by atoms with Crippen LogP contribution in [0.25, 0.3) is 0 Å². The first-order chi connectivity index (χ1) is 9.63. The number of hydrogen-bond acceptors (Lipinski definition) is 1. The van der Waals surface area contributed by atoms with Gasteiger partial charge in [0.05, 0.1) is 12.0 Å². The fraction of sp³-hybridized carbons (Fsp3) is 0.250. The monoisotopic (exact) mass is 370 g/mol. The average molecular weight is 372 g/mol. The van der Waals surface area contributed by atoms with Crippen molar-refractivity contribution in [1.29, 1.82) is 0 Å². The molecule has 1 aliphatic heterocycles. The van der Waals surface area contributed by atoms with Crippen molar-refractivity contribution in [3.8, 4) is 5.75 Å². The fourth-order valence-electron chi connectivity index (χ4n) is 2.47. The minimum absolute atomic E-state index is 0.137. The first kappa shape index (κ1) is 14.2. The molecule has 2 aromatic carbocycles. The lowest BCUT2D eigenvalue weighted by molar-refractivity contribution is 0.353. The molecule has 0 radical (unpaired) electrons. The highest BCUT2D eigenvalue weighted by atomic mass is 79.9. The van der Waals surface area contributed by atoms with E-state index < -0.39 is 0 Å². The van der Waals surface area contributed by atoms with Gasteiger partial charge in [0, 0.05) is 21.5 Å². The minimum atomic E-state index is -0.137. The van der Waals surface area contributed by atoms with Gasteiger partial charge in [-0.2, -0.15) is 0 Å². The van der Waals surface area contributed by atoms with Gasteiger partial charge < -0.3 is 4.74 Å². The van der Waals surface area contributed by atoms with Gasteiger partial charge in [0.25, 0.3) is 0 Å². The van der Waals surface area contributed by atoms with E-state index in [1.807, 2.05) is 24.3 Å². The molecule has 1 unspecified atom stereocenters. The van der Waals surface area contributed by atoms with Crippen molar-refractivity contribution in [3.63, 3.8) is 0 Å². The third-order valence-corrected chi connectivity index (χ3v) is 4.58. The van der Waals surface area contributed by atoms with Crippen molar-refractivity contribution in [2.24, 2.45) is 0 Å². The summed E-state index contributed by atoms with van der Waals surface area (Å²) in [6.07, 6.45) is 1.66. The van der Waals surface area contributed by atoms with Crippen molar-refractivity contribution < 1.29 is 4.74 Å². The number of fused-ring (bicyclic) bond motifs is 1.